The molecule has 206 valence electrons. The zero-order chi connectivity index (χ0) is 26.5. The molecule has 38 heavy (non-hydrogen) atoms. The highest BCUT2D eigenvalue weighted by Crippen LogP contribution is 2.39. The van der Waals surface area contributed by atoms with Gasteiger partial charge in [0.05, 0.1) is 18.8 Å². The first-order valence-corrected chi connectivity index (χ1v) is 14.1. The number of carbonyl (C=O) groups is 1. The number of anilines is 1. The molecule has 2 fully saturated rings. The Labute approximate surface area is 224 Å². The number of nitrogens with zero attached hydrogens (tertiary/aromatic N) is 2. The van der Waals surface area contributed by atoms with E-state index < -0.39 is 17.7 Å². The highest BCUT2D eigenvalue weighted by Gasteiger charge is 2.38. The minimum absolute atomic E-state index is 0.0215. The quantitative estimate of drug-likeness (QED) is 0.410. The second-order valence-corrected chi connectivity index (χ2v) is 11.2. The monoisotopic (exact) mass is 525 g/mol. The molecular formula is C30H40FN3O4. The van der Waals surface area contributed by atoms with Crippen LogP contribution in [0.1, 0.15) is 80.0 Å². The van der Waals surface area contributed by atoms with Gasteiger partial charge in [-0.15, -0.1) is 0 Å². The normalized spacial score (nSPS) is 26.5. The van der Waals surface area contributed by atoms with Gasteiger partial charge in [-0.3, -0.25) is 9.69 Å². The Morgan fingerprint density at radius 2 is 2.16 bits per heavy atom. The van der Waals surface area contributed by atoms with Crippen LogP contribution in [0.15, 0.2) is 36.4 Å². The molecule has 4 atom stereocenters. The number of hydrogen-bond donors (Lipinski definition) is 2. The molecule has 0 saturated carbocycles. The fourth-order valence-corrected chi connectivity index (χ4v) is 5.94. The summed E-state index contributed by atoms with van der Waals surface area (Å²) in [7, 11) is 0. The molecule has 3 aliphatic rings. The highest BCUT2D eigenvalue weighted by atomic mass is 19.1. The number of aromatic nitrogens is 1. The van der Waals surface area contributed by atoms with Crippen molar-refractivity contribution < 1.29 is 23.8 Å². The predicted molar refractivity (Wildman–Crippen MR) is 144 cm³/mol. The van der Waals surface area contributed by atoms with E-state index >= 15 is 0 Å². The predicted octanol–water partition coefficient (Wildman–Crippen LogP) is 5.26. The summed E-state index contributed by atoms with van der Waals surface area (Å²) < 4.78 is 26.3. The summed E-state index contributed by atoms with van der Waals surface area (Å²) in [4.78, 5) is 19.2. The zero-order valence-corrected chi connectivity index (χ0v) is 22.3. The molecule has 2 saturated heterocycles. The SMILES string of the molecule is CC1(F)CCC(c2ccccc2[C@@H](C(=O)O)N2CC[C@@H](OCCCCc3ccc4c(n3)NCCC4)C2)OC1. The van der Waals surface area contributed by atoms with E-state index in [0.717, 1.165) is 61.3 Å². The van der Waals surface area contributed by atoms with E-state index in [1.54, 1.807) is 6.92 Å². The largest absolute Gasteiger partial charge is 0.480 e. The third kappa shape index (κ3) is 6.53. The number of aliphatic carboxylic acids is 1. The number of benzene rings is 1. The molecule has 2 aromatic rings. The lowest BCUT2D eigenvalue weighted by Gasteiger charge is -2.34. The first-order chi connectivity index (χ1) is 18.4. The van der Waals surface area contributed by atoms with Crippen molar-refractivity contribution in [3.63, 3.8) is 0 Å². The van der Waals surface area contributed by atoms with Crippen LogP contribution in [0.4, 0.5) is 10.2 Å². The molecule has 0 amide bonds. The summed E-state index contributed by atoms with van der Waals surface area (Å²) >= 11 is 0. The molecule has 3 aliphatic heterocycles. The van der Waals surface area contributed by atoms with Crippen LogP contribution in [0, 0.1) is 0 Å². The van der Waals surface area contributed by atoms with Crippen LogP contribution in [-0.2, 0) is 27.1 Å². The maximum absolute atomic E-state index is 14.3. The number of ether oxygens (including phenoxy) is 2. The molecule has 0 radical (unpaired) electrons. The summed E-state index contributed by atoms with van der Waals surface area (Å²) in [5.41, 5.74) is 2.69. The average Bonchev–Trinajstić information content (AvgIpc) is 3.37. The Bertz CT molecular complexity index is 1100. The van der Waals surface area contributed by atoms with Crippen molar-refractivity contribution in [1.29, 1.82) is 0 Å². The van der Waals surface area contributed by atoms with Crippen LogP contribution in [0.2, 0.25) is 0 Å². The van der Waals surface area contributed by atoms with E-state index in [4.69, 9.17) is 14.5 Å². The Kier molecular flexibility index (Phi) is 8.61. The van der Waals surface area contributed by atoms with Crippen molar-refractivity contribution in [2.24, 2.45) is 0 Å². The summed E-state index contributed by atoms with van der Waals surface area (Å²) in [6, 6.07) is 11.1. The van der Waals surface area contributed by atoms with Gasteiger partial charge in [-0.05, 0) is 81.0 Å². The maximum Gasteiger partial charge on any atom is 0.325 e. The zero-order valence-electron chi connectivity index (χ0n) is 22.3. The van der Waals surface area contributed by atoms with Gasteiger partial charge < -0.3 is 19.9 Å². The molecule has 0 spiro atoms. The first kappa shape index (κ1) is 27.0. The standard InChI is InChI=1S/C30H40FN3O4/c1-30(31)15-13-26(38-20-30)24-9-2-3-10-25(24)27(29(35)36)34-17-14-23(19-34)37-18-5-4-8-22-12-11-21-7-6-16-32-28(21)33-22/h2-3,9-12,23,26-27H,4-8,13-20H2,1H3,(H,32,33)(H,35,36)/t23-,26?,27+,30?/m1/s1. The van der Waals surface area contributed by atoms with E-state index in [1.165, 1.54) is 12.0 Å². The minimum Gasteiger partial charge on any atom is -0.480 e. The van der Waals surface area contributed by atoms with Gasteiger partial charge in [0.15, 0.2) is 0 Å². The number of nitrogens with one attached hydrogen (secondary N) is 1. The summed E-state index contributed by atoms with van der Waals surface area (Å²) in [6.07, 6.45) is 6.64. The van der Waals surface area contributed by atoms with Crippen LogP contribution >= 0.6 is 0 Å². The van der Waals surface area contributed by atoms with E-state index in [-0.39, 0.29) is 18.8 Å². The van der Waals surface area contributed by atoms with Gasteiger partial charge in [-0.25, -0.2) is 9.37 Å². The number of unbranched alkanes of at least 4 members (excludes halogenated alkanes) is 1. The summed E-state index contributed by atoms with van der Waals surface area (Å²) in [5, 5.41) is 13.6. The first-order valence-electron chi connectivity index (χ1n) is 14.1. The number of carboxylic acid groups (broad SMARTS) is 1. The van der Waals surface area contributed by atoms with Crippen LogP contribution in [0.5, 0.6) is 0 Å². The van der Waals surface area contributed by atoms with Crippen molar-refractivity contribution >= 4 is 11.8 Å². The molecule has 2 unspecified atom stereocenters. The van der Waals surface area contributed by atoms with E-state index in [1.807, 2.05) is 29.2 Å². The van der Waals surface area contributed by atoms with Crippen molar-refractivity contribution in [3.8, 4) is 0 Å². The highest BCUT2D eigenvalue weighted by molar-refractivity contribution is 5.76. The third-order valence-corrected chi connectivity index (χ3v) is 8.06. The maximum atomic E-state index is 14.3. The van der Waals surface area contributed by atoms with Crippen LogP contribution in [-0.4, -0.2) is 65.6 Å². The van der Waals surface area contributed by atoms with E-state index in [0.29, 0.717) is 32.5 Å². The van der Waals surface area contributed by atoms with Gasteiger partial charge in [0.25, 0.3) is 0 Å². The van der Waals surface area contributed by atoms with Crippen molar-refractivity contribution in [2.45, 2.75) is 82.2 Å². The van der Waals surface area contributed by atoms with Gasteiger partial charge in [0.1, 0.15) is 17.5 Å². The Morgan fingerprint density at radius 3 is 2.97 bits per heavy atom. The second-order valence-electron chi connectivity index (χ2n) is 11.2. The van der Waals surface area contributed by atoms with Gasteiger partial charge in [0.2, 0.25) is 0 Å². The Morgan fingerprint density at radius 1 is 1.29 bits per heavy atom. The number of fused-ring (bicyclic) bond motifs is 1. The van der Waals surface area contributed by atoms with Crippen molar-refractivity contribution in [2.75, 3.05) is 38.2 Å². The fraction of sp³-hybridized carbons (Fsp3) is 0.600. The number of halogens is 1. The molecule has 7 nitrogen and oxygen atoms in total. The number of aryl methyl sites for hydroxylation is 2. The molecule has 0 aliphatic carbocycles. The summed E-state index contributed by atoms with van der Waals surface area (Å²) in [6.45, 7) is 4.49. The topological polar surface area (TPSA) is 83.9 Å². The number of pyridine rings is 1. The molecule has 4 heterocycles. The lowest BCUT2D eigenvalue weighted by molar-refractivity contribution is -0.143. The number of carboxylic acids is 1. The van der Waals surface area contributed by atoms with Crippen molar-refractivity contribution in [3.05, 3.63) is 58.8 Å². The third-order valence-electron chi connectivity index (χ3n) is 8.06. The van der Waals surface area contributed by atoms with Crippen LogP contribution < -0.4 is 5.32 Å². The van der Waals surface area contributed by atoms with Gasteiger partial charge in [-0.1, -0.05) is 30.3 Å². The van der Waals surface area contributed by atoms with Crippen molar-refractivity contribution in [1.82, 2.24) is 9.88 Å². The van der Waals surface area contributed by atoms with Crippen LogP contribution in [0.3, 0.4) is 0 Å². The number of alkyl halides is 1. The molecule has 1 aromatic carbocycles. The number of rotatable bonds is 10. The molecule has 1 aromatic heterocycles. The van der Waals surface area contributed by atoms with Crippen LogP contribution in [0.25, 0.3) is 0 Å². The smallest absolute Gasteiger partial charge is 0.325 e. The molecule has 8 heteroatoms. The minimum atomic E-state index is -1.33. The van der Waals surface area contributed by atoms with Gasteiger partial charge in [-0.2, -0.15) is 0 Å². The van der Waals surface area contributed by atoms with Gasteiger partial charge in [0, 0.05) is 31.9 Å². The summed E-state index contributed by atoms with van der Waals surface area (Å²) in [5.74, 6) is 0.165. The number of hydrogen-bond acceptors (Lipinski definition) is 6. The lowest BCUT2D eigenvalue weighted by Crippen LogP contribution is -2.36. The van der Waals surface area contributed by atoms with E-state index in [9.17, 15) is 14.3 Å². The van der Waals surface area contributed by atoms with E-state index in [2.05, 4.69) is 17.4 Å². The second kappa shape index (κ2) is 12.1. The fourth-order valence-electron chi connectivity index (χ4n) is 5.94. The molecule has 5 rings (SSSR count). The molecular weight excluding hydrogens is 485 g/mol. The number of likely N-dealkylation sites (tertiary alicyclic amines) is 1. The molecule has 2 N–H and O–H groups in total. The Hall–Kier alpha value is -2.55. The Balaban J connectivity index is 1.12. The van der Waals surface area contributed by atoms with Gasteiger partial charge >= 0.3 is 5.97 Å². The molecule has 0 bridgehead atoms. The lowest BCUT2D eigenvalue weighted by atomic mass is 9.89. The average molecular weight is 526 g/mol.